The van der Waals surface area contributed by atoms with Gasteiger partial charge in [0.15, 0.2) is 0 Å². The number of pyridine rings is 1. The van der Waals surface area contributed by atoms with Gasteiger partial charge in [-0.25, -0.2) is 8.42 Å². The maximum Gasteiger partial charge on any atom is 0.254 e. The maximum atomic E-state index is 12.9. The summed E-state index contributed by atoms with van der Waals surface area (Å²) in [4.78, 5) is 18.8. The van der Waals surface area contributed by atoms with Crippen molar-refractivity contribution in [2.24, 2.45) is 0 Å². The Morgan fingerprint density at radius 3 is 2.50 bits per heavy atom. The van der Waals surface area contributed by atoms with E-state index in [1.54, 1.807) is 36.4 Å². The Kier molecular flexibility index (Phi) is 4.42. The second kappa shape index (κ2) is 6.37. The molecule has 2 aromatic rings. The number of piperazine rings is 1. The molecule has 0 unspecified atom stereocenters. The topological polar surface area (TPSA) is 79.8 Å². The fourth-order valence-corrected chi connectivity index (χ4v) is 3.66. The Morgan fingerprint density at radius 2 is 1.88 bits per heavy atom. The highest BCUT2D eigenvalue weighted by Gasteiger charge is 2.27. The van der Waals surface area contributed by atoms with E-state index in [1.165, 1.54) is 10.6 Å². The quantitative estimate of drug-likeness (QED) is 0.825. The van der Waals surface area contributed by atoms with Crippen molar-refractivity contribution in [3.05, 3.63) is 36.0 Å². The lowest BCUT2D eigenvalue weighted by atomic mass is 10.1. The van der Waals surface area contributed by atoms with E-state index >= 15 is 0 Å². The van der Waals surface area contributed by atoms with Crippen molar-refractivity contribution in [1.29, 1.82) is 0 Å². The molecule has 1 aromatic carbocycles. The van der Waals surface area contributed by atoms with E-state index in [4.69, 9.17) is 4.74 Å². The molecule has 0 N–H and O–H groups in total. The second-order valence-electron chi connectivity index (χ2n) is 5.70. The van der Waals surface area contributed by atoms with Gasteiger partial charge in [-0.1, -0.05) is 0 Å². The molecule has 128 valence electrons. The predicted molar refractivity (Wildman–Crippen MR) is 90.6 cm³/mol. The Hall–Kier alpha value is -2.19. The number of rotatable bonds is 3. The molecular weight excluding hydrogens is 330 g/mol. The predicted octanol–water partition coefficient (Wildman–Crippen LogP) is 0.961. The molecule has 1 aromatic heterocycles. The SMILES string of the molecule is COc1ccc2nccc(C(=O)N3CCN(S(C)(=O)=O)CC3)c2c1. The standard InChI is InChI=1S/C16H19N3O4S/c1-23-12-3-4-15-14(11-12)13(5-6-17-15)16(20)18-7-9-19(10-8-18)24(2,21)22/h3-6,11H,7-10H2,1-2H3. The zero-order valence-corrected chi connectivity index (χ0v) is 14.4. The van der Waals surface area contributed by atoms with Crippen molar-refractivity contribution >= 4 is 26.8 Å². The summed E-state index contributed by atoms with van der Waals surface area (Å²) >= 11 is 0. The molecule has 0 atom stereocenters. The van der Waals surface area contributed by atoms with E-state index in [1.807, 2.05) is 6.07 Å². The van der Waals surface area contributed by atoms with Crippen LogP contribution in [-0.4, -0.2) is 68.1 Å². The largest absolute Gasteiger partial charge is 0.497 e. The molecule has 1 fully saturated rings. The van der Waals surface area contributed by atoms with Gasteiger partial charge in [0.05, 0.1) is 24.4 Å². The molecule has 1 aliphatic heterocycles. The molecule has 0 bridgehead atoms. The Labute approximate surface area is 140 Å². The molecule has 0 saturated carbocycles. The number of hydrogen-bond acceptors (Lipinski definition) is 5. The first kappa shape index (κ1) is 16.7. The van der Waals surface area contributed by atoms with Gasteiger partial charge in [-0.2, -0.15) is 4.31 Å². The molecule has 3 rings (SSSR count). The van der Waals surface area contributed by atoms with Gasteiger partial charge in [0.1, 0.15) is 5.75 Å². The lowest BCUT2D eigenvalue weighted by Crippen LogP contribution is -2.50. The third kappa shape index (κ3) is 3.20. The summed E-state index contributed by atoms with van der Waals surface area (Å²) in [6.07, 6.45) is 2.79. The van der Waals surface area contributed by atoms with Crippen molar-refractivity contribution < 1.29 is 17.9 Å². The first-order valence-electron chi connectivity index (χ1n) is 7.57. The summed E-state index contributed by atoms with van der Waals surface area (Å²) in [6, 6.07) is 7.09. The van der Waals surface area contributed by atoms with Crippen LogP contribution in [0.5, 0.6) is 5.75 Å². The van der Waals surface area contributed by atoms with Gasteiger partial charge in [0.2, 0.25) is 10.0 Å². The third-order valence-corrected chi connectivity index (χ3v) is 5.48. The van der Waals surface area contributed by atoms with Crippen LogP contribution in [0.1, 0.15) is 10.4 Å². The van der Waals surface area contributed by atoms with Gasteiger partial charge < -0.3 is 9.64 Å². The van der Waals surface area contributed by atoms with Crippen molar-refractivity contribution in [2.45, 2.75) is 0 Å². The zero-order valence-electron chi connectivity index (χ0n) is 13.6. The van der Waals surface area contributed by atoms with E-state index in [9.17, 15) is 13.2 Å². The van der Waals surface area contributed by atoms with Crippen molar-refractivity contribution in [2.75, 3.05) is 39.5 Å². The molecule has 1 saturated heterocycles. The van der Waals surface area contributed by atoms with Gasteiger partial charge in [-0.05, 0) is 24.3 Å². The average molecular weight is 349 g/mol. The Balaban J connectivity index is 1.87. The number of sulfonamides is 1. The minimum Gasteiger partial charge on any atom is -0.497 e. The van der Waals surface area contributed by atoms with E-state index < -0.39 is 10.0 Å². The molecular formula is C16H19N3O4S. The van der Waals surface area contributed by atoms with Crippen molar-refractivity contribution in [1.82, 2.24) is 14.2 Å². The number of fused-ring (bicyclic) bond motifs is 1. The van der Waals surface area contributed by atoms with Gasteiger partial charge >= 0.3 is 0 Å². The lowest BCUT2D eigenvalue weighted by Gasteiger charge is -2.33. The second-order valence-corrected chi connectivity index (χ2v) is 7.68. The molecule has 0 aliphatic carbocycles. The van der Waals surface area contributed by atoms with Crippen LogP contribution in [0.3, 0.4) is 0 Å². The van der Waals surface area contributed by atoms with Crippen LogP contribution in [-0.2, 0) is 10.0 Å². The first-order chi connectivity index (χ1) is 11.4. The Morgan fingerprint density at radius 1 is 1.17 bits per heavy atom. The van der Waals surface area contributed by atoms with E-state index in [2.05, 4.69) is 4.98 Å². The van der Waals surface area contributed by atoms with Crippen molar-refractivity contribution in [3.8, 4) is 5.75 Å². The normalized spacial score (nSPS) is 16.3. The van der Waals surface area contributed by atoms with Gasteiger partial charge in [0, 0.05) is 37.8 Å². The van der Waals surface area contributed by atoms with Crippen LogP contribution in [0, 0.1) is 0 Å². The van der Waals surface area contributed by atoms with Crippen LogP contribution in [0.25, 0.3) is 10.9 Å². The van der Waals surface area contributed by atoms with E-state index in [0.717, 1.165) is 10.9 Å². The number of aromatic nitrogens is 1. The summed E-state index contributed by atoms with van der Waals surface area (Å²) < 4.78 is 29.8. The molecule has 24 heavy (non-hydrogen) atoms. The Bertz CT molecular complexity index is 874. The maximum absolute atomic E-state index is 12.9. The number of carbonyl (C=O) groups is 1. The molecule has 2 heterocycles. The van der Waals surface area contributed by atoms with Crippen LogP contribution in [0.4, 0.5) is 0 Å². The van der Waals surface area contributed by atoms with Gasteiger partial charge in [-0.15, -0.1) is 0 Å². The minimum atomic E-state index is -3.21. The molecule has 1 aliphatic rings. The minimum absolute atomic E-state index is 0.121. The number of nitrogens with zero attached hydrogens (tertiary/aromatic N) is 3. The summed E-state index contributed by atoms with van der Waals surface area (Å²) in [6.45, 7) is 1.38. The number of amides is 1. The highest BCUT2D eigenvalue weighted by atomic mass is 32.2. The molecule has 0 radical (unpaired) electrons. The summed E-state index contributed by atoms with van der Waals surface area (Å²) in [5.41, 5.74) is 1.27. The van der Waals surface area contributed by atoms with Crippen LogP contribution in [0.2, 0.25) is 0 Å². The van der Waals surface area contributed by atoms with Crippen molar-refractivity contribution in [3.63, 3.8) is 0 Å². The monoisotopic (exact) mass is 349 g/mol. The molecule has 1 amide bonds. The molecule has 0 spiro atoms. The number of methoxy groups -OCH3 is 1. The van der Waals surface area contributed by atoms with Crippen LogP contribution >= 0.6 is 0 Å². The van der Waals surface area contributed by atoms with Crippen LogP contribution in [0.15, 0.2) is 30.5 Å². The molecule has 7 nitrogen and oxygen atoms in total. The number of carbonyl (C=O) groups excluding carboxylic acids is 1. The van der Waals surface area contributed by atoms with E-state index in [0.29, 0.717) is 37.5 Å². The highest BCUT2D eigenvalue weighted by molar-refractivity contribution is 7.88. The third-order valence-electron chi connectivity index (χ3n) is 4.17. The fourth-order valence-electron chi connectivity index (χ4n) is 2.83. The summed E-state index contributed by atoms with van der Waals surface area (Å²) in [5, 5.41) is 0.729. The summed E-state index contributed by atoms with van der Waals surface area (Å²) in [5.74, 6) is 0.537. The number of benzene rings is 1. The highest BCUT2D eigenvalue weighted by Crippen LogP contribution is 2.24. The first-order valence-corrected chi connectivity index (χ1v) is 9.42. The van der Waals surface area contributed by atoms with Crippen LogP contribution < -0.4 is 4.74 Å². The summed E-state index contributed by atoms with van der Waals surface area (Å²) in [7, 11) is -1.64. The van der Waals surface area contributed by atoms with Gasteiger partial charge in [0.25, 0.3) is 5.91 Å². The number of ether oxygens (including phenoxy) is 1. The molecule has 8 heteroatoms. The van der Waals surface area contributed by atoms with E-state index in [-0.39, 0.29) is 5.91 Å². The smallest absolute Gasteiger partial charge is 0.254 e. The number of hydrogen-bond donors (Lipinski definition) is 0. The van der Waals surface area contributed by atoms with Gasteiger partial charge in [-0.3, -0.25) is 9.78 Å². The average Bonchev–Trinajstić information content (AvgIpc) is 2.59. The lowest BCUT2D eigenvalue weighted by molar-refractivity contribution is 0.0700. The fraction of sp³-hybridized carbons (Fsp3) is 0.375. The zero-order chi connectivity index (χ0) is 17.3.